The minimum absolute atomic E-state index is 0. The molecule has 2 rings (SSSR count). The predicted molar refractivity (Wildman–Crippen MR) is 84.0 cm³/mol. The molecule has 0 saturated carbocycles. The molecule has 1 aromatic rings. The maximum Gasteiger partial charge on any atom is 0.248 e. The van der Waals surface area contributed by atoms with E-state index in [-0.39, 0.29) is 41.9 Å². The van der Waals surface area contributed by atoms with Crippen molar-refractivity contribution in [2.24, 2.45) is 0 Å². The molecule has 126 valence electrons. The maximum atomic E-state index is 12.3. The lowest BCUT2D eigenvalue weighted by Gasteiger charge is -2.29. The van der Waals surface area contributed by atoms with Crippen LogP contribution >= 0.6 is 12.4 Å². The molecule has 1 aliphatic heterocycles. The van der Waals surface area contributed by atoms with E-state index in [9.17, 15) is 4.79 Å². The molecule has 1 amide bonds. The summed E-state index contributed by atoms with van der Waals surface area (Å²) in [5.74, 6) is 0.925. The summed E-state index contributed by atoms with van der Waals surface area (Å²) in [5.41, 5.74) is -0.182. The largest absolute Gasteiger partial charge is 0.375 e. The van der Waals surface area contributed by atoms with E-state index >= 15 is 0 Å². The van der Waals surface area contributed by atoms with Gasteiger partial charge >= 0.3 is 0 Å². The first-order valence-corrected chi connectivity index (χ1v) is 7.28. The molecule has 1 aromatic heterocycles. The van der Waals surface area contributed by atoms with E-state index in [1.54, 1.807) is 0 Å². The highest BCUT2D eigenvalue weighted by atomic mass is 35.5. The maximum absolute atomic E-state index is 12.3. The first-order valence-electron chi connectivity index (χ1n) is 7.28. The molecule has 2 heterocycles. The molecule has 2 N–H and O–H groups in total. The second-order valence-electron chi connectivity index (χ2n) is 6.44. The molecular weight excluding hydrogens is 308 g/mol. The lowest BCUT2D eigenvalue weighted by Crippen LogP contribution is -2.55. The van der Waals surface area contributed by atoms with Crippen LogP contribution in [0, 0.1) is 0 Å². The molecule has 0 radical (unpaired) electrons. The molecule has 0 spiro atoms. The summed E-state index contributed by atoms with van der Waals surface area (Å²) in [6.45, 7) is 11.0. The number of amides is 1. The molecule has 1 unspecified atom stereocenters. The van der Waals surface area contributed by atoms with Crippen molar-refractivity contribution in [1.29, 1.82) is 0 Å². The van der Waals surface area contributed by atoms with Gasteiger partial charge in [0.25, 0.3) is 0 Å². The fourth-order valence-corrected chi connectivity index (χ4v) is 2.11. The van der Waals surface area contributed by atoms with E-state index in [0.717, 1.165) is 0 Å². The van der Waals surface area contributed by atoms with Gasteiger partial charge in [-0.25, -0.2) is 0 Å². The van der Waals surface area contributed by atoms with Crippen molar-refractivity contribution >= 4 is 18.3 Å². The number of aromatic nitrogens is 2. The third kappa shape index (κ3) is 4.41. The average Bonchev–Trinajstić information content (AvgIpc) is 2.88. The molecule has 0 aliphatic carbocycles. The van der Waals surface area contributed by atoms with Crippen LogP contribution in [0.1, 0.15) is 52.4 Å². The van der Waals surface area contributed by atoms with E-state index in [1.807, 2.05) is 34.6 Å². The van der Waals surface area contributed by atoms with E-state index in [4.69, 9.17) is 9.26 Å². The number of ether oxygens (including phenoxy) is 1. The van der Waals surface area contributed by atoms with Crippen molar-refractivity contribution < 1.29 is 14.1 Å². The van der Waals surface area contributed by atoms with Crippen molar-refractivity contribution in [2.75, 3.05) is 13.2 Å². The number of nitrogens with one attached hydrogen (secondary N) is 2. The number of nitrogens with zero attached hydrogens (tertiary/aromatic N) is 2. The van der Waals surface area contributed by atoms with Crippen LogP contribution in [0.4, 0.5) is 0 Å². The Morgan fingerprint density at radius 1 is 1.45 bits per heavy atom. The van der Waals surface area contributed by atoms with Gasteiger partial charge in [-0.2, -0.15) is 4.98 Å². The SMILES string of the molecule is CC(NC(=O)[C@H]1NCCO[C@@H]1C)c1nc(C(C)(C)C)no1.Cl. The number of carbonyl (C=O) groups is 1. The van der Waals surface area contributed by atoms with Crippen molar-refractivity contribution in [2.45, 2.75) is 58.2 Å². The smallest absolute Gasteiger partial charge is 0.248 e. The number of carbonyl (C=O) groups excluding carboxylic acids is 1. The molecule has 0 aromatic carbocycles. The Balaban J connectivity index is 0.00000242. The molecule has 1 aliphatic rings. The number of halogens is 1. The molecular formula is C14H25ClN4O3. The standard InChI is InChI=1S/C14H24N4O3.ClH/c1-8(12-17-13(18-21-12)14(3,4)5)16-11(19)10-9(2)20-7-6-15-10;/h8-10,15H,6-7H2,1-5H3,(H,16,19);1H/t8?,9-,10+;/m1./s1. The van der Waals surface area contributed by atoms with Crippen LogP contribution in [-0.4, -0.2) is 41.3 Å². The first kappa shape index (κ1) is 18.9. The molecule has 8 heteroatoms. The first-order chi connectivity index (χ1) is 9.79. The van der Waals surface area contributed by atoms with Gasteiger partial charge in [0, 0.05) is 12.0 Å². The minimum atomic E-state index is -0.355. The van der Waals surface area contributed by atoms with Crippen LogP contribution in [0.15, 0.2) is 4.52 Å². The van der Waals surface area contributed by atoms with Crippen molar-refractivity contribution in [1.82, 2.24) is 20.8 Å². The second-order valence-corrected chi connectivity index (χ2v) is 6.44. The zero-order chi connectivity index (χ0) is 15.6. The summed E-state index contributed by atoms with van der Waals surface area (Å²) >= 11 is 0. The zero-order valence-corrected chi connectivity index (χ0v) is 14.5. The van der Waals surface area contributed by atoms with Crippen LogP contribution in [0.2, 0.25) is 0 Å². The molecule has 1 fully saturated rings. The summed E-state index contributed by atoms with van der Waals surface area (Å²) in [4.78, 5) is 16.6. The van der Waals surface area contributed by atoms with Gasteiger partial charge in [0.05, 0.1) is 12.7 Å². The monoisotopic (exact) mass is 332 g/mol. The predicted octanol–water partition coefficient (Wildman–Crippen LogP) is 1.34. The summed E-state index contributed by atoms with van der Waals surface area (Å²) in [6.07, 6.45) is -0.154. The number of morpholine rings is 1. The highest BCUT2D eigenvalue weighted by Gasteiger charge is 2.30. The fourth-order valence-electron chi connectivity index (χ4n) is 2.11. The van der Waals surface area contributed by atoms with Gasteiger partial charge in [0.1, 0.15) is 12.1 Å². The van der Waals surface area contributed by atoms with E-state index in [0.29, 0.717) is 24.9 Å². The van der Waals surface area contributed by atoms with Gasteiger partial charge in [0.2, 0.25) is 11.8 Å². The molecule has 1 saturated heterocycles. The van der Waals surface area contributed by atoms with E-state index < -0.39 is 0 Å². The van der Waals surface area contributed by atoms with Gasteiger partial charge in [-0.1, -0.05) is 25.9 Å². The second kappa shape index (κ2) is 7.39. The van der Waals surface area contributed by atoms with E-state index in [2.05, 4.69) is 20.8 Å². The third-order valence-electron chi connectivity index (χ3n) is 3.44. The molecule has 22 heavy (non-hydrogen) atoms. The van der Waals surface area contributed by atoms with Gasteiger partial charge in [0.15, 0.2) is 5.82 Å². The normalized spacial score (nSPS) is 23.5. The summed E-state index contributed by atoms with van der Waals surface area (Å²) in [7, 11) is 0. The fraction of sp³-hybridized carbons (Fsp3) is 0.786. The van der Waals surface area contributed by atoms with Gasteiger partial charge in [-0.3, -0.25) is 4.79 Å². The summed E-state index contributed by atoms with van der Waals surface area (Å²) in [5, 5.41) is 10.0. The highest BCUT2D eigenvalue weighted by Crippen LogP contribution is 2.20. The Hall–Kier alpha value is -1.18. The van der Waals surface area contributed by atoms with Crippen LogP contribution < -0.4 is 10.6 Å². The third-order valence-corrected chi connectivity index (χ3v) is 3.44. The zero-order valence-electron chi connectivity index (χ0n) is 13.7. The minimum Gasteiger partial charge on any atom is -0.375 e. The summed E-state index contributed by atoms with van der Waals surface area (Å²) in [6, 6.07) is -0.691. The van der Waals surface area contributed by atoms with Crippen molar-refractivity contribution in [3.63, 3.8) is 0 Å². The molecule has 0 bridgehead atoms. The van der Waals surface area contributed by atoms with Crippen LogP contribution in [0.5, 0.6) is 0 Å². The summed E-state index contributed by atoms with van der Waals surface area (Å²) < 4.78 is 10.7. The number of hydrogen-bond donors (Lipinski definition) is 2. The van der Waals surface area contributed by atoms with Gasteiger partial charge in [-0.05, 0) is 13.8 Å². The Labute approximate surface area is 137 Å². The lowest BCUT2D eigenvalue weighted by molar-refractivity contribution is -0.129. The van der Waals surface area contributed by atoms with Gasteiger partial charge in [-0.15, -0.1) is 12.4 Å². The lowest BCUT2D eigenvalue weighted by atomic mass is 9.96. The number of hydrogen-bond acceptors (Lipinski definition) is 6. The Morgan fingerprint density at radius 2 is 2.14 bits per heavy atom. The highest BCUT2D eigenvalue weighted by molar-refractivity contribution is 5.85. The van der Waals surface area contributed by atoms with Crippen molar-refractivity contribution in [3.05, 3.63) is 11.7 Å². The Morgan fingerprint density at radius 3 is 2.68 bits per heavy atom. The van der Waals surface area contributed by atoms with Crippen LogP contribution in [-0.2, 0) is 14.9 Å². The van der Waals surface area contributed by atoms with Crippen LogP contribution in [0.25, 0.3) is 0 Å². The van der Waals surface area contributed by atoms with E-state index in [1.165, 1.54) is 0 Å². The average molecular weight is 333 g/mol. The van der Waals surface area contributed by atoms with Gasteiger partial charge < -0.3 is 19.9 Å². The topological polar surface area (TPSA) is 89.3 Å². The Kier molecular flexibility index (Phi) is 6.34. The quantitative estimate of drug-likeness (QED) is 0.868. The van der Waals surface area contributed by atoms with Crippen LogP contribution in [0.3, 0.4) is 0 Å². The molecule has 3 atom stereocenters. The number of rotatable bonds is 3. The Bertz CT molecular complexity index is 501. The molecule has 7 nitrogen and oxygen atoms in total. The van der Waals surface area contributed by atoms with Crippen molar-refractivity contribution in [3.8, 4) is 0 Å².